The lowest BCUT2D eigenvalue weighted by Crippen LogP contribution is -2.34. The van der Waals surface area contributed by atoms with Gasteiger partial charge in [0, 0.05) is 18.1 Å². The fourth-order valence-electron chi connectivity index (χ4n) is 1.76. The Morgan fingerprint density at radius 1 is 1.29 bits per heavy atom. The maximum Gasteiger partial charge on any atom is 0.337 e. The highest BCUT2D eigenvalue weighted by Gasteiger charge is 2.29. The van der Waals surface area contributed by atoms with Crippen LogP contribution in [0.25, 0.3) is 0 Å². The minimum Gasteiger partial charge on any atom is -0.478 e. The standard InChI is InChI=1S/C12H15Cl2NO5S/c1-2-3-15(4-5-16)21(19,20)10-7-8(13)6-9(11(10)14)12(17)18/h6-7,16H,2-5H2,1H3,(H,17,18). The van der Waals surface area contributed by atoms with Crippen LogP contribution >= 0.6 is 23.2 Å². The van der Waals surface area contributed by atoms with Gasteiger partial charge in [-0.3, -0.25) is 0 Å². The molecule has 0 aromatic heterocycles. The van der Waals surface area contributed by atoms with Gasteiger partial charge in [0.05, 0.1) is 17.2 Å². The second-order valence-electron chi connectivity index (χ2n) is 4.20. The molecule has 0 heterocycles. The normalized spacial score (nSPS) is 11.9. The van der Waals surface area contributed by atoms with Gasteiger partial charge in [-0.15, -0.1) is 0 Å². The highest BCUT2D eigenvalue weighted by molar-refractivity contribution is 7.89. The SMILES string of the molecule is CCCN(CCO)S(=O)(=O)c1cc(Cl)cc(C(=O)O)c1Cl. The van der Waals surface area contributed by atoms with Crippen molar-refractivity contribution in [3.63, 3.8) is 0 Å². The van der Waals surface area contributed by atoms with Crippen LogP contribution in [0.3, 0.4) is 0 Å². The number of nitrogens with zero attached hydrogens (tertiary/aromatic N) is 1. The van der Waals surface area contributed by atoms with Gasteiger partial charge in [0.15, 0.2) is 0 Å². The first kappa shape index (κ1) is 18.2. The van der Waals surface area contributed by atoms with E-state index in [-0.39, 0.29) is 35.2 Å². The van der Waals surface area contributed by atoms with Crippen molar-refractivity contribution in [1.82, 2.24) is 4.31 Å². The maximum atomic E-state index is 12.5. The van der Waals surface area contributed by atoms with E-state index in [1.165, 1.54) is 0 Å². The van der Waals surface area contributed by atoms with Crippen LogP contribution in [0.4, 0.5) is 0 Å². The van der Waals surface area contributed by atoms with E-state index in [0.29, 0.717) is 6.42 Å². The number of aliphatic hydroxyl groups is 1. The third kappa shape index (κ3) is 4.08. The summed E-state index contributed by atoms with van der Waals surface area (Å²) >= 11 is 11.7. The molecule has 118 valence electrons. The number of aliphatic hydroxyl groups excluding tert-OH is 1. The molecular formula is C12H15Cl2NO5S. The van der Waals surface area contributed by atoms with E-state index in [1.807, 2.05) is 0 Å². The first-order valence-electron chi connectivity index (χ1n) is 6.09. The van der Waals surface area contributed by atoms with Crippen LogP contribution in [0, 0.1) is 0 Å². The smallest absolute Gasteiger partial charge is 0.337 e. The van der Waals surface area contributed by atoms with Crippen molar-refractivity contribution in [2.24, 2.45) is 0 Å². The Morgan fingerprint density at radius 2 is 1.90 bits per heavy atom. The van der Waals surface area contributed by atoms with Crippen molar-refractivity contribution >= 4 is 39.2 Å². The summed E-state index contributed by atoms with van der Waals surface area (Å²) in [5, 5.41) is 17.6. The second kappa shape index (κ2) is 7.42. The van der Waals surface area contributed by atoms with E-state index in [0.717, 1.165) is 16.4 Å². The summed E-state index contributed by atoms with van der Waals surface area (Å²) < 4.78 is 26.1. The quantitative estimate of drug-likeness (QED) is 0.780. The molecule has 9 heteroatoms. The van der Waals surface area contributed by atoms with Crippen molar-refractivity contribution in [3.05, 3.63) is 27.7 Å². The summed E-state index contributed by atoms with van der Waals surface area (Å²) in [5.41, 5.74) is -0.386. The Labute approximate surface area is 132 Å². The minimum absolute atomic E-state index is 0.0455. The van der Waals surface area contributed by atoms with Gasteiger partial charge in [-0.25, -0.2) is 13.2 Å². The molecule has 21 heavy (non-hydrogen) atoms. The zero-order valence-electron chi connectivity index (χ0n) is 11.2. The molecule has 1 aromatic rings. The number of carboxylic acids is 1. The number of rotatable bonds is 7. The summed E-state index contributed by atoms with van der Waals surface area (Å²) in [6.45, 7) is 1.49. The van der Waals surface area contributed by atoms with E-state index in [9.17, 15) is 13.2 Å². The fourth-order valence-corrected chi connectivity index (χ4v) is 4.16. The number of benzene rings is 1. The largest absolute Gasteiger partial charge is 0.478 e. The number of carboxylic acid groups (broad SMARTS) is 1. The zero-order valence-corrected chi connectivity index (χ0v) is 13.5. The Morgan fingerprint density at radius 3 is 2.38 bits per heavy atom. The third-order valence-electron chi connectivity index (χ3n) is 2.67. The topological polar surface area (TPSA) is 94.9 Å². The molecule has 0 radical (unpaired) electrons. The minimum atomic E-state index is -4.04. The molecule has 0 saturated heterocycles. The number of hydrogen-bond donors (Lipinski definition) is 2. The summed E-state index contributed by atoms with van der Waals surface area (Å²) in [6, 6.07) is 2.19. The fraction of sp³-hybridized carbons (Fsp3) is 0.417. The van der Waals surface area contributed by atoms with Gasteiger partial charge in [0.2, 0.25) is 10.0 Å². The molecule has 0 atom stereocenters. The lowest BCUT2D eigenvalue weighted by molar-refractivity contribution is 0.0697. The van der Waals surface area contributed by atoms with Crippen molar-refractivity contribution in [1.29, 1.82) is 0 Å². The predicted octanol–water partition coefficient (Wildman–Crippen LogP) is 2.08. The molecule has 1 aromatic carbocycles. The van der Waals surface area contributed by atoms with E-state index in [4.69, 9.17) is 33.4 Å². The highest BCUT2D eigenvalue weighted by Crippen LogP contribution is 2.31. The Kier molecular flexibility index (Phi) is 6.42. The molecule has 6 nitrogen and oxygen atoms in total. The van der Waals surface area contributed by atoms with Crippen molar-refractivity contribution in [3.8, 4) is 0 Å². The van der Waals surface area contributed by atoms with Gasteiger partial charge in [-0.05, 0) is 18.6 Å². The number of halogens is 2. The first-order valence-corrected chi connectivity index (χ1v) is 8.28. The van der Waals surface area contributed by atoms with Gasteiger partial charge in [-0.1, -0.05) is 30.1 Å². The van der Waals surface area contributed by atoms with E-state index < -0.39 is 21.0 Å². The van der Waals surface area contributed by atoms with Crippen LogP contribution in [0.15, 0.2) is 17.0 Å². The molecule has 0 spiro atoms. The van der Waals surface area contributed by atoms with Crippen LogP contribution in [0.5, 0.6) is 0 Å². The molecule has 0 aliphatic rings. The number of aromatic carboxylic acids is 1. The lowest BCUT2D eigenvalue weighted by atomic mass is 10.2. The summed E-state index contributed by atoms with van der Waals surface area (Å²) in [7, 11) is -4.04. The summed E-state index contributed by atoms with van der Waals surface area (Å²) in [6.07, 6.45) is 0.531. The average Bonchev–Trinajstić information content (AvgIpc) is 2.40. The van der Waals surface area contributed by atoms with Crippen LogP contribution < -0.4 is 0 Å². The van der Waals surface area contributed by atoms with Crippen molar-refractivity contribution in [2.75, 3.05) is 19.7 Å². The van der Waals surface area contributed by atoms with Gasteiger partial charge < -0.3 is 10.2 Å². The number of carbonyl (C=O) groups is 1. The van der Waals surface area contributed by atoms with E-state index >= 15 is 0 Å². The molecule has 0 aliphatic carbocycles. The molecule has 0 amide bonds. The van der Waals surface area contributed by atoms with E-state index in [1.54, 1.807) is 6.92 Å². The molecule has 2 N–H and O–H groups in total. The van der Waals surface area contributed by atoms with Gasteiger partial charge >= 0.3 is 5.97 Å². The van der Waals surface area contributed by atoms with E-state index in [2.05, 4.69) is 0 Å². The Bertz CT molecular complexity index is 627. The predicted molar refractivity (Wildman–Crippen MR) is 79.6 cm³/mol. The average molecular weight is 356 g/mol. The molecular weight excluding hydrogens is 341 g/mol. The molecule has 0 unspecified atom stereocenters. The van der Waals surface area contributed by atoms with Gasteiger partial charge in [0.25, 0.3) is 0 Å². The van der Waals surface area contributed by atoms with Crippen molar-refractivity contribution in [2.45, 2.75) is 18.2 Å². The third-order valence-corrected chi connectivity index (χ3v) is 5.33. The number of hydrogen-bond acceptors (Lipinski definition) is 4. The molecule has 0 saturated carbocycles. The van der Waals surface area contributed by atoms with Gasteiger partial charge in [-0.2, -0.15) is 4.31 Å². The van der Waals surface area contributed by atoms with Crippen LogP contribution in [-0.2, 0) is 10.0 Å². The highest BCUT2D eigenvalue weighted by atomic mass is 35.5. The number of sulfonamides is 1. The second-order valence-corrected chi connectivity index (χ2v) is 6.92. The van der Waals surface area contributed by atoms with Crippen LogP contribution in [-0.4, -0.2) is 48.6 Å². The molecule has 1 rings (SSSR count). The lowest BCUT2D eigenvalue weighted by Gasteiger charge is -2.21. The maximum absolute atomic E-state index is 12.5. The monoisotopic (exact) mass is 355 g/mol. The summed E-state index contributed by atoms with van der Waals surface area (Å²) in [4.78, 5) is 10.7. The Hall–Kier alpha value is -0.860. The molecule has 0 aliphatic heterocycles. The van der Waals surface area contributed by atoms with Gasteiger partial charge in [0.1, 0.15) is 4.90 Å². The molecule has 0 bridgehead atoms. The Balaban J connectivity index is 3.46. The molecule has 0 fully saturated rings. The van der Waals surface area contributed by atoms with Crippen molar-refractivity contribution < 1.29 is 23.4 Å². The van der Waals surface area contributed by atoms with Crippen LogP contribution in [0.1, 0.15) is 23.7 Å². The summed E-state index contributed by atoms with van der Waals surface area (Å²) in [5.74, 6) is -1.37. The first-order chi connectivity index (χ1) is 9.75. The van der Waals surface area contributed by atoms with Crippen LogP contribution in [0.2, 0.25) is 10.0 Å². The zero-order chi connectivity index (χ0) is 16.2.